The van der Waals surface area contributed by atoms with Gasteiger partial charge in [0.1, 0.15) is 18.2 Å². The van der Waals surface area contributed by atoms with Crippen LogP contribution in [0.1, 0.15) is 87.6 Å². The van der Waals surface area contributed by atoms with Crippen LogP contribution in [0, 0.1) is 22.7 Å². The standard InChI is InChI=1S/C29H45NO9/c1-15(2)17(4)36-27(35)37-18(5)16(3)22(23(30)24(31)32)19-12-13-20(38-25(33)28(6,7)8)21(14-19)39-26(34)29(9,10)11/h12-18,22-23H,30H2,1-11H3,(H,31,32)/t16?,17?,18?,22?,23-/m0/s1. The molecule has 0 bridgehead atoms. The number of carbonyl (C=O) groups is 4. The minimum absolute atomic E-state index is 0.00197. The zero-order chi connectivity index (χ0) is 30.5. The summed E-state index contributed by atoms with van der Waals surface area (Å²) in [5, 5.41) is 9.78. The molecule has 0 heterocycles. The van der Waals surface area contributed by atoms with Gasteiger partial charge in [0, 0.05) is 11.8 Å². The van der Waals surface area contributed by atoms with Crippen LogP contribution < -0.4 is 15.2 Å². The number of nitrogens with two attached hydrogens (primary N) is 1. The minimum atomic E-state index is -1.40. The molecule has 0 aliphatic heterocycles. The van der Waals surface area contributed by atoms with Gasteiger partial charge in [0.25, 0.3) is 0 Å². The number of carboxylic acid groups (broad SMARTS) is 1. The quantitative estimate of drug-likeness (QED) is 0.289. The first kappa shape index (κ1) is 33.9. The van der Waals surface area contributed by atoms with Crippen molar-refractivity contribution in [2.45, 2.75) is 100 Å². The second-order valence-electron chi connectivity index (χ2n) is 12.4. The molecule has 0 amide bonds. The predicted octanol–water partition coefficient (Wildman–Crippen LogP) is 5.31. The lowest BCUT2D eigenvalue weighted by molar-refractivity contribution is -0.145. The average Bonchev–Trinajstić information content (AvgIpc) is 2.78. The van der Waals surface area contributed by atoms with Crippen LogP contribution in [0.5, 0.6) is 11.5 Å². The monoisotopic (exact) mass is 551 g/mol. The van der Waals surface area contributed by atoms with Gasteiger partial charge < -0.3 is 29.8 Å². The van der Waals surface area contributed by atoms with E-state index in [-0.39, 0.29) is 23.5 Å². The van der Waals surface area contributed by atoms with Crippen molar-refractivity contribution >= 4 is 24.1 Å². The van der Waals surface area contributed by atoms with Crippen molar-refractivity contribution in [3.8, 4) is 11.5 Å². The highest BCUT2D eigenvalue weighted by Crippen LogP contribution is 2.38. The molecule has 0 saturated heterocycles. The Morgan fingerprint density at radius 2 is 1.23 bits per heavy atom. The third-order valence-electron chi connectivity index (χ3n) is 6.46. The fraction of sp³-hybridized carbons (Fsp3) is 0.655. The third-order valence-corrected chi connectivity index (χ3v) is 6.46. The first-order valence-electron chi connectivity index (χ1n) is 13.1. The predicted molar refractivity (Wildman–Crippen MR) is 145 cm³/mol. The van der Waals surface area contributed by atoms with Crippen molar-refractivity contribution in [3.63, 3.8) is 0 Å². The summed E-state index contributed by atoms with van der Waals surface area (Å²) < 4.78 is 21.9. The number of rotatable bonds is 10. The summed E-state index contributed by atoms with van der Waals surface area (Å²) in [6.07, 6.45) is -2.03. The topological polar surface area (TPSA) is 151 Å². The van der Waals surface area contributed by atoms with Crippen molar-refractivity contribution in [3.05, 3.63) is 23.8 Å². The van der Waals surface area contributed by atoms with Crippen LogP contribution in [0.25, 0.3) is 0 Å². The summed E-state index contributed by atoms with van der Waals surface area (Å²) >= 11 is 0. The minimum Gasteiger partial charge on any atom is -0.480 e. The Balaban J connectivity index is 3.50. The SMILES string of the molecule is CC(C)C(C)OC(=O)OC(C)C(C)C(c1ccc(OC(=O)C(C)(C)C)c(OC(=O)C(C)(C)C)c1)[C@H](N)C(=O)O. The van der Waals surface area contributed by atoms with E-state index in [1.165, 1.54) is 12.1 Å². The summed E-state index contributed by atoms with van der Waals surface area (Å²) in [7, 11) is 0. The van der Waals surface area contributed by atoms with Crippen LogP contribution in [-0.4, -0.2) is 47.4 Å². The summed E-state index contributed by atoms with van der Waals surface area (Å²) in [6, 6.07) is 3.02. The average molecular weight is 552 g/mol. The highest BCUT2D eigenvalue weighted by Gasteiger charge is 2.37. The lowest BCUT2D eigenvalue weighted by Gasteiger charge is -2.32. The fourth-order valence-electron chi connectivity index (χ4n) is 3.26. The molecule has 0 radical (unpaired) electrons. The van der Waals surface area contributed by atoms with E-state index >= 15 is 0 Å². The summed E-state index contributed by atoms with van der Waals surface area (Å²) in [5.74, 6) is -3.87. The van der Waals surface area contributed by atoms with Gasteiger partial charge in [-0.1, -0.05) is 26.8 Å². The van der Waals surface area contributed by atoms with Crippen molar-refractivity contribution in [1.29, 1.82) is 0 Å². The van der Waals surface area contributed by atoms with Crippen molar-refractivity contribution < 1.29 is 43.2 Å². The zero-order valence-electron chi connectivity index (χ0n) is 25.0. The third kappa shape index (κ3) is 9.84. The largest absolute Gasteiger partial charge is 0.508 e. The molecule has 5 atom stereocenters. The molecule has 1 rings (SSSR count). The van der Waals surface area contributed by atoms with Gasteiger partial charge in [-0.3, -0.25) is 14.4 Å². The van der Waals surface area contributed by atoms with Crippen LogP contribution in [-0.2, 0) is 23.9 Å². The van der Waals surface area contributed by atoms with Gasteiger partial charge in [-0.15, -0.1) is 0 Å². The number of hydrogen-bond donors (Lipinski definition) is 2. The molecule has 3 N–H and O–H groups in total. The molecular weight excluding hydrogens is 506 g/mol. The van der Waals surface area contributed by atoms with E-state index < -0.39 is 58.9 Å². The van der Waals surface area contributed by atoms with Gasteiger partial charge in [-0.2, -0.15) is 0 Å². The van der Waals surface area contributed by atoms with Gasteiger partial charge in [-0.05, 0) is 79.0 Å². The van der Waals surface area contributed by atoms with Crippen LogP contribution in [0.15, 0.2) is 18.2 Å². The molecule has 0 aliphatic rings. The highest BCUT2D eigenvalue weighted by atomic mass is 16.7. The van der Waals surface area contributed by atoms with Crippen molar-refractivity contribution in [1.82, 2.24) is 0 Å². The number of aliphatic carboxylic acids is 1. The maximum Gasteiger partial charge on any atom is 0.508 e. The Morgan fingerprint density at radius 3 is 1.67 bits per heavy atom. The van der Waals surface area contributed by atoms with Crippen molar-refractivity contribution in [2.75, 3.05) is 0 Å². The van der Waals surface area contributed by atoms with Crippen LogP contribution >= 0.6 is 0 Å². The van der Waals surface area contributed by atoms with Gasteiger partial charge in [0.15, 0.2) is 11.5 Å². The normalized spacial score (nSPS) is 15.9. The molecule has 0 fully saturated rings. The molecule has 0 aliphatic carbocycles. The second-order valence-corrected chi connectivity index (χ2v) is 12.4. The molecule has 1 aromatic carbocycles. The maximum atomic E-state index is 12.7. The van der Waals surface area contributed by atoms with E-state index in [1.54, 1.807) is 68.4 Å². The smallest absolute Gasteiger partial charge is 0.480 e. The van der Waals surface area contributed by atoms with Gasteiger partial charge in [0.2, 0.25) is 0 Å². The van der Waals surface area contributed by atoms with Gasteiger partial charge >= 0.3 is 24.1 Å². The number of benzene rings is 1. The molecule has 39 heavy (non-hydrogen) atoms. The first-order chi connectivity index (χ1) is 17.7. The van der Waals surface area contributed by atoms with Crippen molar-refractivity contribution in [2.24, 2.45) is 28.4 Å². The Kier molecular flexibility index (Phi) is 11.5. The molecule has 4 unspecified atom stereocenters. The summed E-state index contributed by atoms with van der Waals surface area (Å²) in [4.78, 5) is 49.6. The van der Waals surface area contributed by atoms with E-state index in [9.17, 15) is 24.3 Å². The zero-order valence-corrected chi connectivity index (χ0v) is 25.0. The highest BCUT2D eigenvalue weighted by molar-refractivity contribution is 5.81. The molecule has 0 saturated carbocycles. The Hall–Kier alpha value is -3.14. The molecule has 0 aromatic heterocycles. The molecule has 10 nitrogen and oxygen atoms in total. The van der Waals surface area contributed by atoms with Crippen LogP contribution in [0.2, 0.25) is 0 Å². The van der Waals surface area contributed by atoms with E-state index in [2.05, 4.69) is 0 Å². The van der Waals surface area contributed by atoms with E-state index in [0.717, 1.165) is 0 Å². The van der Waals surface area contributed by atoms with Crippen LogP contribution in [0.4, 0.5) is 4.79 Å². The van der Waals surface area contributed by atoms with E-state index in [1.807, 2.05) is 13.8 Å². The molecule has 10 heteroatoms. The Labute approximate surface area is 231 Å². The van der Waals surface area contributed by atoms with Gasteiger partial charge in [-0.25, -0.2) is 4.79 Å². The second kappa shape index (κ2) is 13.3. The first-order valence-corrected chi connectivity index (χ1v) is 13.1. The number of carbonyl (C=O) groups excluding carboxylic acids is 3. The lowest BCUT2D eigenvalue weighted by atomic mass is 9.79. The number of carboxylic acids is 1. The Bertz CT molecular complexity index is 1040. The van der Waals surface area contributed by atoms with Gasteiger partial charge in [0.05, 0.1) is 10.8 Å². The van der Waals surface area contributed by atoms with E-state index in [0.29, 0.717) is 5.56 Å². The molecule has 0 spiro atoms. The number of ether oxygens (including phenoxy) is 4. The number of hydrogen-bond acceptors (Lipinski definition) is 9. The molecule has 1 aromatic rings. The van der Waals surface area contributed by atoms with Crippen LogP contribution in [0.3, 0.4) is 0 Å². The molecular formula is C29H45NO9. The Morgan fingerprint density at radius 1 is 0.769 bits per heavy atom. The lowest BCUT2D eigenvalue weighted by Crippen LogP contribution is -2.43. The summed E-state index contributed by atoms with van der Waals surface area (Å²) in [6.45, 7) is 18.9. The fourth-order valence-corrected chi connectivity index (χ4v) is 3.26. The van der Waals surface area contributed by atoms with E-state index in [4.69, 9.17) is 24.7 Å². The summed E-state index contributed by atoms with van der Waals surface area (Å²) in [5.41, 5.74) is 4.80. The maximum absolute atomic E-state index is 12.7. The number of esters is 2. The molecule has 220 valence electrons.